The van der Waals surface area contributed by atoms with Gasteiger partial charge in [-0.1, -0.05) is 36.4 Å². The number of aliphatic hydroxyl groups is 4. The van der Waals surface area contributed by atoms with E-state index in [4.69, 9.17) is 9.47 Å². The first kappa shape index (κ1) is 31.6. The van der Waals surface area contributed by atoms with E-state index >= 15 is 0 Å². The van der Waals surface area contributed by atoms with Crippen molar-refractivity contribution in [2.24, 2.45) is 59.2 Å². The number of hydrogen-bond acceptors (Lipinski definition) is 8. The molecule has 0 amide bonds. The monoisotopic (exact) mass is 594 g/mol. The van der Waals surface area contributed by atoms with Gasteiger partial charge in [-0.25, -0.2) is 9.59 Å². The Bertz CT molecular complexity index is 1080. The minimum absolute atomic E-state index is 0.0149. The first-order valence-corrected chi connectivity index (χ1v) is 15.9. The SMILES string of the molecule is O=C(OCC1C(CO)CC(CO)[C@@H]1C1CCC([C@@H]2C(CO)CC(CO)C2COC(=O)c2ccccc2)C1)c1ccccc1. The van der Waals surface area contributed by atoms with Crippen molar-refractivity contribution in [2.45, 2.75) is 32.1 Å². The predicted octanol–water partition coefficient (Wildman–Crippen LogP) is 3.82. The summed E-state index contributed by atoms with van der Waals surface area (Å²) in [6.07, 6.45) is 4.18. The number of carbonyl (C=O) groups excluding carboxylic acids is 2. The molecule has 0 saturated heterocycles. The maximum absolute atomic E-state index is 12.8. The number of rotatable bonds is 12. The molecule has 2 aromatic carbocycles. The molecule has 43 heavy (non-hydrogen) atoms. The van der Waals surface area contributed by atoms with E-state index in [9.17, 15) is 30.0 Å². The van der Waals surface area contributed by atoms with E-state index in [-0.39, 0.29) is 111 Å². The average Bonchev–Trinajstić information content (AvgIpc) is 3.77. The molecule has 5 rings (SSSR count). The van der Waals surface area contributed by atoms with Gasteiger partial charge in [0.1, 0.15) is 0 Å². The number of aliphatic hydroxyl groups excluding tert-OH is 4. The first-order valence-electron chi connectivity index (χ1n) is 15.9. The summed E-state index contributed by atoms with van der Waals surface area (Å²) >= 11 is 0. The number of carbonyl (C=O) groups is 2. The fourth-order valence-electron chi connectivity index (χ4n) is 8.96. The Morgan fingerprint density at radius 1 is 0.558 bits per heavy atom. The van der Waals surface area contributed by atoms with Gasteiger partial charge in [-0.2, -0.15) is 0 Å². The number of ether oxygens (including phenoxy) is 2. The van der Waals surface area contributed by atoms with Crippen LogP contribution in [0.1, 0.15) is 52.8 Å². The van der Waals surface area contributed by atoms with Crippen molar-refractivity contribution < 1.29 is 39.5 Å². The molecule has 8 heteroatoms. The van der Waals surface area contributed by atoms with Crippen LogP contribution in [0.5, 0.6) is 0 Å². The van der Waals surface area contributed by atoms with Crippen LogP contribution in [0.3, 0.4) is 0 Å². The zero-order valence-corrected chi connectivity index (χ0v) is 24.7. The van der Waals surface area contributed by atoms with Crippen molar-refractivity contribution in [3.05, 3.63) is 71.8 Å². The third-order valence-electron chi connectivity index (χ3n) is 10.9. The average molecular weight is 595 g/mol. The molecule has 0 bridgehead atoms. The van der Waals surface area contributed by atoms with E-state index in [0.29, 0.717) is 24.0 Å². The quantitative estimate of drug-likeness (QED) is 0.273. The third-order valence-corrected chi connectivity index (χ3v) is 10.9. The maximum atomic E-state index is 12.8. The summed E-state index contributed by atoms with van der Waals surface area (Å²) in [6.45, 7) is 0.429. The van der Waals surface area contributed by atoms with Gasteiger partial charge in [-0.05, 0) is 104 Å². The van der Waals surface area contributed by atoms with Crippen molar-refractivity contribution in [3.63, 3.8) is 0 Å². The van der Waals surface area contributed by atoms with E-state index in [1.807, 2.05) is 12.1 Å². The zero-order valence-electron chi connectivity index (χ0n) is 24.7. The second kappa shape index (κ2) is 14.8. The van der Waals surface area contributed by atoms with Crippen molar-refractivity contribution in [3.8, 4) is 0 Å². The summed E-state index contributed by atoms with van der Waals surface area (Å²) in [7, 11) is 0. The van der Waals surface area contributed by atoms with E-state index in [0.717, 1.165) is 19.3 Å². The molecule has 0 aliphatic heterocycles. The first-order chi connectivity index (χ1) is 21.0. The Morgan fingerprint density at radius 3 is 1.28 bits per heavy atom. The molecule has 0 aromatic heterocycles. The summed E-state index contributed by atoms with van der Waals surface area (Å²) in [4.78, 5) is 25.5. The number of hydrogen-bond donors (Lipinski definition) is 4. The molecule has 0 heterocycles. The molecule has 3 aliphatic rings. The van der Waals surface area contributed by atoms with Crippen molar-refractivity contribution in [1.29, 1.82) is 0 Å². The van der Waals surface area contributed by atoms with Crippen LogP contribution in [-0.2, 0) is 9.47 Å². The van der Waals surface area contributed by atoms with Gasteiger partial charge in [0.25, 0.3) is 0 Å². The summed E-state index contributed by atoms with van der Waals surface area (Å²) < 4.78 is 11.6. The lowest BCUT2D eigenvalue weighted by atomic mass is 9.73. The standard InChI is InChI=1S/C35H46O8/c36-16-26-14-28(18-38)32(30(26)20-42-34(40)22-7-3-1-4-8-22)24-11-12-25(13-24)33-29(19-39)15-27(17-37)31(33)21-43-35(41)23-9-5-2-6-10-23/h1-10,24-33,36-39H,11-21H2/t24?,25?,26?,27?,28?,29?,30?,31?,32-,33+. The lowest BCUT2D eigenvalue weighted by Crippen LogP contribution is -2.33. The largest absolute Gasteiger partial charge is 0.462 e. The maximum Gasteiger partial charge on any atom is 0.338 e. The van der Waals surface area contributed by atoms with Gasteiger partial charge in [-0.3, -0.25) is 0 Å². The molecule has 0 radical (unpaired) electrons. The minimum Gasteiger partial charge on any atom is -0.462 e. The Kier molecular flexibility index (Phi) is 10.9. The summed E-state index contributed by atoms with van der Waals surface area (Å²) in [5, 5.41) is 41.2. The van der Waals surface area contributed by atoms with E-state index in [1.165, 1.54) is 0 Å². The van der Waals surface area contributed by atoms with Gasteiger partial charge >= 0.3 is 11.9 Å². The van der Waals surface area contributed by atoms with Crippen LogP contribution in [-0.4, -0.2) is 72.0 Å². The van der Waals surface area contributed by atoms with Crippen molar-refractivity contribution >= 4 is 11.9 Å². The van der Waals surface area contributed by atoms with Gasteiger partial charge in [0.15, 0.2) is 0 Å². The molecule has 8 unspecified atom stereocenters. The molecule has 0 spiro atoms. The van der Waals surface area contributed by atoms with Crippen LogP contribution in [0.15, 0.2) is 60.7 Å². The Labute approximate surface area is 254 Å². The number of esters is 2. The molecule has 8 nitrogen and oxygen atoms in total. The van der Waals surface area contributed by atoms with Gasteiger partial charge < -0.3 is 29.9 Å². The van der Waals surface area contributed by atoms with E-state index < -0.39 is 0 Å². The lowest BCUT2D eigenvalue weighted by molar-refractivity contribution is 0.0206. The van der Waals surface area contributed by atoms with Crippen molar-refractivity contribution in [1.82, 2.24) is 0 Å². The second-order valence-electron chi connectivity index (χ2n) is 13.0. The highest BCUT2D eigenvalue weighted by atomic mass is 16.5. The highest BCUT2D eigenvalue weighted by Crippen LogP contribution is 2.56. The van der Waals surface area contributed by atoms with Gasteiger partial charge in [0.05, 0.1) is 24.3 Å². The molecule has 4 N–H and O–H groups in total. The normalized spacial score (nSPS) is 33.9. The van der Waals surface area contributed by atoms with E-state index in [2.05, 4.69) is 0 Å². The van der Waals surface area contributed by atoms with Crippen LogP contribution < -0.4 is 0 Å². The predicted molar refractivity (Wildman–Crippen MR) is 160 cm³/mol. The highest BCUT2D eigenvalue weighted by molar-refractivity contribution is 5.89. The zero-order chi connectivity index (χ0) is 30.3. The molecule has 3 fully saturated rings. The Morgan fingerprint density at radius 2 is 0.930 bits per heavy atom. The van der Waals surface area contributed by atoms with Crippen LogP contribution in [0.25, 0.3) is 0 Å². The van der Waals surface area contributed by atoms with Gasteiger partial charge in [-0.15, -0.1) is 0 Å². The van der Waals surface area contributed by atoms with Crippen molar-refractivity contribution in [2.75, 3.05) is 39.6 Å². The topological polar surface area (TPSA) is 134 Å². The molecular weight excluding hydrogens is 548 g/mol. The molecule has 10 atom stereocenters. The van der Waals surface area contributed by atoms with Crippen LogP contribution in [0.4, 0.5) is 0 Å². The summed E-state index contributed by atoms with van der Waals surface area (Å²) in [5.74, 6) is -0.167. The summed E-state index contributed by atoms with van der Waals surface area (Å²) in [5.41, 5.74) is 0.983. The third kappa shape index (κ3) is 6.98. The van der Waals surface area contributed by atoms with Crippen LogP contribution >= 0.6 is 0 Å². The highest BCUT2D eigenvalue weighted by Gasteiger charge is 2.52. The van der Waals surface area contributed by atoms with Gasteiger partial charge in [0.2, 0.25) is 0 Å². The molecule has 234 valence electrons. The summed E-state index contributed by atoms with van der Waals surface area (Å²) in [6, 6.07) is 17.8. The Balaban J connectivity index is 1.29. The van der Waals surface area contributed by atoms with Crippen LogP contribution in [0.2, 0.25) is 0 Å². The van der Waals surface area contributed by atoms with Gasteiger partial charge in [0, 0.05) is 38.3 Å². The minimum atomic E-state index is -0.382. The fraction of sp³-hybridized carbons (Fsp3) is 0.600. The molecule has 3 aliphatic carbocycles. The smallest absolute Gasteiger partial charge is 0.338 e. The molecule has 2 aromatic rings. The lowest BCUT2D eigenvalue weighted by Gasteiger charge is -2.33. The molecular formula is C35H46O8. The molecule has 3 saturated carbocycles. The number of benzene rings is 2. The Hall–Kier alpha value is -2.78. The van der Waals surface area contributed by atoms with E-state index in [1.54, 1.807) is 48.5 Å². The van der Waals surface area contributed by atoms with Crippen LogP contribution in [0, 0.1) is 59.2 Å². The second-order valence-corrected chi connectivity index (χ2v) is 13.0. The fourth-order valence-corrected chi connectivity index (χ4v) is 8.96.